The van der Waals surface area contributed by atoms with Crippen LogP contribution in [0.5, 0.6) is 0 Å². The van der Waals surface area contributed by atoms with E-state index in [0.717, 1.165) is 17.7 Å². The maximum atomic E-state index is 13.0. The summed E-state index contributed by atoms with van der Waals surface area (Å²) in [7, 11) is 0. The molecule has 0 spiro atoms. The van der Waals surface area contributed by atoms with Crippen LogP contribution >= 0.6 is 11.8 Å². The molecule has 6 nitrogen and oxygen atoms in total. The summed E-state index contributed by atoms with van der Waals surface area (Å²) in [6.07, 6.45) is 2.51. The van der Waals surface area contributed by atoms with E-state index in [4.69, 9.17) is 14.8 Å². The van der Waals surface area contributed by atoms with Gasteiger partial charge in [-0.1, -0.05) is 85.4 Å². The number of anilines is 1. The van der Waals surface area contributed by atoms with Crippen LogP contribution in [-0.2, 0) is 21.7 Å². The van der Waals surface area contributed by atoms with Crippen LogP contribution < -0.4 is 5.32 Å². The zero-order chi connectivity index (χ0) is 23.4. The maximum absolute atomic E-state index is 13.0. The zero-order valence-corrected chi connectivity index (χ0v) is 20.0. The number of aryl methyl sites for hydroxylation is 2. The van der Waals surface area contributed by atoms with Gasteiger partial charge in [-0.15, -0.1) is 5.10 Å². The van der Waals surface area contributed by atoms with E-state index in [1.54, 1.807) is 22.5 Å². The number of benzene rings is 2. The van der Waals surface area contributed by atoms with Crippen LogP contribution in [0.15, 0.2) is 77.6 Å². The minimum atomic E-state index is -0.426. The number of aromatic nitrogens is 3. The molecular weight excluding hydrogens is 432 g/mol. The molecule has 0 saturated carbocycles. The molecule has 3 aromatic rings. The fourth-order valence-electron chi connectivity index (χ4n) is 3.86. The topological polar surface area (TPSA) is 69.0 Å². The number of thioether (sulfide) groups is 1. The van der Waals surface area contributed by atoms with Crippen molar-refractivity contribution in [1.29, 1.82) is 0 Å². The van der Waals surface area contributed by atoms with Gasteiger partial charge in [0.2, 0.25) is 11.1 Å². The molecule has 2 aromatic carbocycles. The van der Waals surface area contributed by atoms with Crippen molar-refractivity contribution >= 4 is 23.7 Å². The fourth-order valence-corrected chi connectivity index (χ4v) is 4.63. The van der Waals surface area contributed by atoms with E-state index in [1.165, 1.54) is 16.7 Å². The van der Waals surface area contributed by atoms with E-state index in [-0.39, 0.29) is 12.6 Å². The molecule has 0 bridgehead atoms. The average Bonchev–Trinajstić information content (AvgIpc) is 3.23. The summed E-state index contributed by atoms with van der Waals surface area (Å²) >= 11 is 1.57. The summed E-state index contributed by atoms with van der Waals surface area (Å²) in [5.41, 5.74) is 5.87. The lowest BCUT2D eigenvalue weighted by atomic mass is 9.95. The molecule has 1 atom stereocenters. The number of allylic oxidation sites excluding steroid dienone is 1. The number of nitrogens with one attached hydrogen (secondary N) is 1. The molecule has 2 heterocycles. The molecule has 1 aliphatic heterocycles. The van der Waals surface area contributed by atoms with Crippen LogP contribution in [0.25, 0.3) is 0 Å². The Labute approximate surface area is 198 Å². The van der Waals surface area contributed by atoms with E-state index in [0.29, 0.717) is 22.4 Å². The van der Waals surface area contributed by atoms with Crippen LogP contribution in [0.4, 0.5) is 5.95 Å². The molecule has 0 fully saturated rings. The monoisotopic (exact) mass is 460 g/mol. The highest BCUT2D eigenvalue weighted by atomic mass is 32.2. The summed E-state index contributed by atoms with van der Waals surface area (Å²) in [5.74, 6) is 0.991. The SMILES string of the molecule is C=CCOC(=O)C1=C(C)Nc2nc(SCc3cccc(C)c3)nn2C1c1ccc(CC)cc1. The Hall–Kier alpha value is -3.32. The number of esters is 1. The van der Waals surface area contributed by atoms with Gasteiger partial charge in [-0.2, -0.15) is 4.98 Å². The van der Waals surface area contributed by atoms with Crippen molar-refractivity contribution < 1.29 is 9.53 Å². The van der Waals surface area contributed by atoms with Gasteiger partial charge in [0, 0.05) is 11.4 Å². The summed E-state index contributed by atoms with van der Waals surface area (Å²) in [5, 5.41) is 8.68. The first-order chi connectivity index (χ1) is 16.0. The molecule has 0 amide bonds. The highest BCUT2D eigenvalue weighted by Gasteiger charge is 2.35. The van der Waals surface area contributed by atoms with Gasteiger partial charge >= 0.3 is 5.97 Å². The zero-order valence-electron chi connectivity index (χ0n) is 19.2. The molecular formula is C26H28N4O2S. The largest absolute Gasteiger partial charge is 0.458 e. The fraction of sp³-hybridized carbons (Fsp3) is 0.269. The quantitative estimate of drug-likeness (QED) is 0.274. The average molecular weight is 461 g/mol. The van der Waals surface area contributed by atoms with Crippen LogP contribution in [0.3, 0.4) is 0 Å². The Bertz CT molecular complexity index is 1200. The Kier molecular flexibility index (Phi) is 6.99. The Morgan fingerprint density at radius 2 is 2.00 bits per heavy atom. The van der Waals surface area contributed by atoms with Gasteiger partial charge in [0.1, 0.15) is 12.6 Å². The van der Waals surface area contributed by atoms with Crippen molar-refractivity contribution in [1.82, 2.24) is 14.8 Å². The first kappa shape index (κ1) is 22.9. The molecule has 0 radical (unpaired) electrons. The lowest BCUT2D eigenvalue weighted by Crippen LogP contribution is -2.29. The number of rotatable bonds is 8. The van der Waals surface area contributed by atoms with Gasteiger partial charge in [0.05, 0.1) is 5.57 Å². The van der Waals surface area contributed by atoms with Crippen molar-refractivity contribution in [2.45, 2.75) is 44.1 Å². The Balaban J connectivity index is 1.68. The lowest BCUT2D eigenvalue weighted by molar-refractivity contribution is -0.138. The van der Waals surface area contributed by atoms with Crippen LogP contribution in [-0.4, -0.2) is 27.3 Å². The third kappa shape index (κ3) is 5.03. The molecule has 0 aliphatic carbocycles. The highest BCUT2D eigenvalue weighted by molar-refractivity contribution is 7.98. The van der Waals surface area contributed by atoms with E-state index in [2.05, 4.69) is 62.1 Å². The molecule has 4 rings (SSSR count). The molecule has 1 unspecified atom stereocenters. The first-order valence-electron chi connectivity index (χ1n) is 11.0. The summed E-state index contributed by atoms with van der Waals surface area (Å²) in [6.45, 7) is 9.87. The lowest BCUT2D eigenvalue weighted by Gasteiger charge is -2.28. The van der Waals surface area contributed by atoms with E-state index in [9.17, 15) is 4.79 Å². The van der Waals surface area contributed by atoms with Gasteiger partial charge in [-0.25, -0.2) is 9.48 Å². The van der Waals surface area contributed by atoms with Crippen molar-refractivity contribution in [3.63, 3.8) is 0 Å². The number of nitrogens with zero attached hydrogens (tertiary/aromatic N) is 3. The standard InChI is InChI=1S/C26H28N4O2S/c1-5-14-32-24(31)22-18(4)27-25-28-26(33-16-20-9-7-8-17(3)15-20)29-30(25)23(22)21-12-10-19(6-2)11-13-21/h5,7-13,15,23H,1,6,14,16H2,2-4H3,(H,27,28,29). The minimum absolute atomic E-state index is 0.152. The van der Waals surface area contributed by atoms with E-state index < -0.39 is 6.04 Å². The van der Waals surface area contributed by atoms with Crippen molar-refractivity contribution in [2.75, 3.05) is 11.9 Å². The normalized spacial score (nSPS) is 15.1. The second-order valence-corrected chi connectivity index (χ2v) is 8.93. The number of hydrogen-bond acceptors (Lipinski definition) is 6. The van der Waals surface area contributed by atoms with E-state index >= 15 is 0 Å². The predicted molar refractivity (Wildman–Crippen MR) is 132 cm³/mol. The number of carbonyl (C=O) groups is 1. The third-order valence-corrected chi connectivity index (χ3v) is 6.45. The Morgan fingerprint density at radius 3 is 2.70 bits per heavy atom. The molecule has 33 heavy (non-hydrogen) atoms. The molecule has 170 valence electrons. The second kappa shape index (κ2) is 10.1. The number of fused-ring (bicyclic) bond motifs is 1. The van der Waals surface area contributed by atoms with Crippen LogP contribution in [0.2, 0.25) is 0 Å². The van der Waals surface area contributed by atoms with Crippen LogP contribution in [0.1, 0.15) is 42.1 Å². The minimum Gasteiger partial charge on any atom is -0.458 e. The molecule has 1 N–H and O–H groups in total. The van der Waals surface area contributed by atoms with Crippen LogP contribution in [0, 0.1) is 6.92 Å². The summed E-state index contributed by atoms with van der Waals surface area (Å²) in [4.78, 5) is 17.7. The molecule has 1 aliphatic rings. The molecule has 1 aromatic heterocycles. The maximum Gasteiger partial charge on any atom is 0.338 e. The van der Waals surface area contributed by atoms with Crippen molar-refractivity contribution in [3.8, 4) is 0 Å². The van der Waals surface area contributed by atoms with Gasteiger partial charge in [-0.3, -0.25) is 0 Å². The third-order valence-electron chi connectivity index (χ3n) is 5.54. The van der Waals surface area contributed by atoms with E-state index in [1.807, 2.05) is 19.1 Å². The highest BCUT2D eigenvalue weighted by Crippen LogP contribution is 2.37. The first-order valence-corrected chi connectivity index (χ1v) is 12.0. The molecule has 7 heteroatoms. The Morgan fingerprint density at radius 1 is 1.21 bits per heavy atom. The van der Waals surface area contributed by atoms with Crippen molar-refractivity contribution in [3.05, 3.63) is 94.7 Å². The number of carbonyl (C=O) groups excluding carboxylic acids is 1. The van der Waals surface area contributed by atoms with Crippen molar-refractivity contribution in [2.24, 2.45) is 0 Å². The molecule has 0 saturated heterocycles. The summed E-state index contributed by atoms with van der Waals surface area (Å²) in [6, 6.07) is 16.3. The number of hydrogen-bond donors (Lipinski definition) is 1. The van der Waals surface area contributed by atoms with Gasteiger partial charge in [0.25, 0.3) is 0 Å². The smallest absolute Gasteiger partial charge is 0.338 e. The van der Waals surface area contributed by atoms with Gasteiger partial charge in [0.15, 0.2) is 0 Å². The summed E-state index contributed by atoms with van der Waals surface area (Å²) < 4.78 is 7.20. The second-order valence-electron chi connectivity index (χ2n) is 7.99. The van der Waals surface area contributed by atoms with Gasteiger partial charge < -0.3 is 10.1 Å². The number of ether oxygens (including phenoxy) is 1. The predicted octanol–water partition coefficient (Wildman–Crippen LogP) is 5.46. The van der Waals surface area contributed by atoms with Gasteiger partial charge in [-0.05, 0) is 37.0 Å².